The standard InChI is InChI=1S/C17H19N5S/c1-12-2-4-13(5-3-12)10-23-9-8-19-16-14-6-7-15(18)22-17(14)21-11-20-16/h2-7,11H,8-10H2,1H3,(H3,18,19,20,21,22). The van der Waals surface area contributed by atoms with Crippen molar-refractivity contribution in [2.75, 3.05) is 23.3 Å². The van der Waals surface area contributed by atoms with E-state index in [4.69, 9.17) is 5.73 Å². The first kappa shape index (κ1) is 15.6. The molecule has 3 aromatic rings. The first-order chi connectivity index (χ1) is 11.2. The molecule has 5 nitrogen and oxygen atoms in total. The molecule has 0 aliphatic rings. The van der Waals surface area contributed by atoms with Crippen LogP contribution in [0.4, 0.5) is 11.6 Å². The van der Waals surface area contributed by atoms with Crippen LogP contribution >= 0.6 is 11.8 Å². The molecule has 0 fully saturated rings. The van der Waals surface area contributed by atoms with Crippen molar-refractivity contribution < 1.29 is 0 Å². The number of aromatic nitrogens is 3. The van der Waals surface area contributed by atoms with Crippen LogP contribution in [0.3, 0.4) is 0 Å². The number of hydrogen-bond donors (Lipinski definition) is 2. The molecule has 118 valence electrons. The third kappa shape index (κ3) is 4.10. The van der Waals surface area contributed by atoms with E-state index in [0.29, 0.717) is 11.5 Å². The molecule has 2 aromatic heterocycles. The molecule has 3 N–H and O–H groups in total. The Labute approximate surface area is 139 Å². The average Bonchev–Trinajstić information content (AvgIpc) is 2.56. The molecular formula is C17H19N5S. The summed E-state index contributed by atoms with van der Waals surface area (Å²) in [5.41, 5.74) is 8.95. The van der Waals surface area contributed by atoms with Gasteiger partial charge < -0.3 is 11.1 Å². The highest BCUT2D eigenvalue weighted by Gasteiger charge is 2.04. The minimum atomic E-state index is 0.468. The summed E-state index contributed by atoms with van der Waals surface area (Å²) in [6.45, 7) is 2.95. The van der Waals surface area contributed by atoms with Gasteiger partial charge in [0, 0.05) is 18.1 Å². The fourth-order valence-corrected chi connectivity index (χ4v) is 3.03. The van der Waals surface area contributed by atoms with E-state index in [1.165, 1.54) is 17.5 Å². The van der Waals surface area contributed by atoms with Gasteiger partial charge in [-0.25, -0.2) is 15.0 Å². The van der Waals surface area contributed by atoms with Gasteiger partial charge in [-0.05, 0) is 24.6 Å². The lowest BCUT2D eigenvalue weighted by Crippen LogP contribution is -2.07. The summed E-state index contributed by atoms with van der Waals surface area (Å²) in [5.74, 6) is 3.29. The molecule has 1 aromatic carbocycles. The summed E-state index contributed by atoms with van der Waals surface area (Å²) in [6, 6.07) is 12.3. The Balaban J connectivity index is 1.52. The molecule has 0 aliphatic heterocycles. The van der Waals surface area contributed by atoms with Crippen LogP contribution in [0.15, 0.2) is 42.7 Å². The molecule has 0 bridgehead atoms. The molecule has 0 atom stereocenters. The van der Waals surface area contributed by atoms with Gasteiger partial charge in [-0.2, -0.15) is 11.8 Å². The predicted octanol–water partition coefficient (Wildman–Crippen LogP) is 3.26. The molecule has 6 heteroatoms. The van der Waals surface area contributed by atoms with E-state index < -0.39 is 0 Å². The number of hydrogen-bond acceptors (Lipinski definition) is 6. The maximum absolute atomic E-state index is 5.68. The van der Waals surface area contributed by atoms with Crippen LogP contribution in [0.2, 0.25) is 0 Å². The number of nitrogen functional groups attached to an aromatic ring is 1. The lowest BCUT2D eigenvalue weighted by Gasteiger charge is -2.08. The first-order valence-corrected chi connectivity index (χ1v) is 8.62. The van der Waals surface area contributed by atoms with E-state index in [2.05, 4.69) is 51.5 Å². The van der Waals surface area contributed by atoms with Gasteiger partial charge in [0.1, 0.15) is 18.0 Å². The van der Waals surface area contributed by atoms with Crippen LogP contribution in [0.25, 0.3) is 11.0 Å². The third-order valence-electron chi connectivity index (χ3n) is 3.45. The molecule has 2 heterocycles. The highest BCUT2D eigenvalue weighted by Crippen LogP contribution is 2.19. The number of pyridine rings is 1. The zero-order valence-corrected chi connectivity index (χ0v) is 13.8. The molecular weight excluding hydrogens is 306 g/mol. The minimum absolute atomic E-state index is 0.468. The minimum Gasteiger partial charge on any atom is -0.384 e. The quantitative estimate of drug-likeness (QED) is 0.677. The topological polar surface area (TPSA) is 76.7 Å². The highest BCUT2D eigenvalue weighted by atomic mass is 32.2. The molecule has 0 amide bonds. The van der Waals surface area contributed by atoms with Gasteiger partial charge in [0.2, 0.25) is 0 Å². The van der Waals surface area contributed by atoms with Gasteiger partial charge in [-0.15, -0.1) is 0 Å². The van der Waals surface area contributed by atoms with Gasteiger partial charge in [0.05, 0.1) is 5.39 Å². The lowest BCUT2D eigenvalue weighted by atomic mass is 10.2. The number of rotatable bonds is 6. The van der Waals surface area contributed by atoms with Gasteiger partial charge in [0.25, 0.3) is 0 Å². The maximum atomic E-state index is 5.68. The molecule has 0 radical (unpaired) electrons. The SMILES string of the molecule is Cc1ccc(CSCCNc2ncnc3nc(N)ccc23)cc1. The molecule has 3 rings (SSSR count). The smallest absolute Gasteiger partial charge is 0.166 e. The second kappa shape index (κ2) is 7.28. The largest absolute Gasteiger partial charge is 0.384 e. The Morgan fingerprint density at radius 3 is 2.74 bits per heavy atom. The van der Waals surface area contributed by atoms with Crippen molar-refractivity contribution in [3.8, 4) is 0 Å². The van der Waals surface area contributed by atoms with Crippen LogP contribution in [-0.2, 0) is 5.75 Å². The molecule has 0 unspecified atom stereocenters. The first-order valence-electron chi connectivity index (χ1n) is 7.47. The van der Waals surface area contributed by atoms with Crippen molar-refractivity contribution in [2.24, 2.45) is 0 Å². The van der Waals surface area contributed by atoms with Crippen molar-refractivity contribution >= 4 is 34.4 Å². The van der Waals surface area contributed by atoms with E-state index in [1.807, 2.05) is 17.8 Å². The van der Waals surface area contributed by atoms with E-state index in [-0.39, 0.29) is 0 Å². The van der Waals surface area contributed by atoms with Crippen molar-refractivity contribution in [1.29, 1.82) is 0 Å². The summed E-state index contributed by atoms with van der Waals surface area (Å²) >= 11 is 1.90. The molecule has 0 saturated carbocycles. The Bertz CT molecular complexity index is 789. The van der Waals surface area contributed by atoms with Crippen LogP contribution in [0, 0.1) is 6.92 Å². The Morgan fingerprint density at radius 2 is 1.91 bits per heavy atom. The zero-order chi connectivity index (χ0) is 16.1. The summed E-state index contributed by atoms with van der Waals surface area (Å²) in [5, 5.41) is 4.24. The second-order valence-electron chi connectivity index (χ2n) is 5.29. The van der Waals surface area contributed by atoms with Crippen LogP contribution in [0.1, 0.15) is 11.1 Å². The summed E-state index contributed by atoms with van der Waals surface area (Å²) in [4.78, 5) is 12.6. The van der Waals surface area contributed by atoms with Crippen LogP contribution in [-0.4, -0.2) is 27.2 Å². The van der Waals surface area contributed by atoms with Gasteiger partial charge in [0.15, 0.2) is 5.65 Å². The number of nitrogens with zero attached hydrogens (tertiary/aromatic N) is 3. The van der Waals surface area contributed by atoms with Crippen LogP contribution < -0.4 is 11.1 Å². The third-order valence-corrected chi connectivity index (χ3v) is 4.48. The van der Waals surface area contributed by atoms with Gasteiger partial charge in [-0.1, -0.05) is 29.8 Å². The van der Waals surface area contributed by atoms with E-state index in [9.17, 15) is 0 Å². The number of anilines is 2. The van der Waals surface area contributed by atoms with Gasteiger partial charge in [-0.3, -0.25) is 0 Å². The molecule has 0 spiro atoms. The summed E-state index contributed by atoms with van der Waals surface area (Å²) < 4.78 is 0. The average molecular weight is 325 g/mol. The van der Waals surface area contributed by atoms with Crippen molar-refractivity contribution in [3.63, 3.8) is 0 Å². The van der Waals surface area contributed by atoms with Gasteiger partial charge >= 0.3 is 0 Å². The summed E-state index contributed by atoms with van der Waals surface area (Å²) in [6.07, 6.45) is 1.51. The highest BCUT2D eigenvalue weighted by molar-refractivity contribution is 7.98. The second-order valence-corrected chi connectivity index (χ2v) is 6.40. The van der Waals surface area contributed by atoms with Crippen LogP contribution in [0.5, 0.6) is 0 Å². The fourth-order valence-electron chi connectivity index (χ4n) is 2.21. The van der Waals surface area contributed by atoms with Crippen molar-refractivity contribution in [2.45, 2.75) is 12.7 Å². The van der Waals surface area contributed by atoms with Crippen molar-refractivity contribution in [3.05, 3.63) is 53.9 Å². The molecule has 0 aliphatic carbocycles. The zero-order valence-electron chi connectivity index (χ0n) is 13.0. The Hall–Kier alpha value is -2.34. The van der Waals surface area contributed by atoms with Crippen molar-refractivity contribution in [1.82, 2.24) is 15.0 Å². The van der Waals surface area contributed by atoms with E-state index in [1.54, 1.807) is 6.07 Å². The summed E-state index contributed by atoms with van der Waals surface area (Å²) in [7, 11) is 0. The monoisotopic (exact) mass is 325 g/mol. The Kier molecular flexibility index (Phi) is 4.92. The molecule has 0 saturated heterocycles. The maximum Gasteiger partial charge on any atom is 0.166 e. The number of aryl methyl sites for hydroxylation is 1. The lowest BCUT2D eigenvalue weighted by molar-refractivity contribution is 1.13. The van der Waals surface area contributed by atoms with E-state index >= 15 is 0 Å². The van der Waals surface area contributed by atoms with E-state index in [0.717, 1.165) is 29.3 Å². The number of thioether (sulfide) groups is 1. The number of fused-ring (bicyclic) bond motifs is 1. The fraction of sp³-hybridized carbons (Fsp3) is 0.235. The number of nitrogens with one attached hydrogen (secondary N) is 1. The molecule has 23 heavy (non-hydrogen) atoms. The Morgan fingerprint density at radius 1 is 1.09 bits per heavy atom. The number of nitrogens with two attached hydrogens (primary N) is 1. The predicted molar refractivity (Wildman–Crippen MR) is 97.6 cm³/mol. The number of benzene rings is 1. The normalized spacial score (nSPS) is 10.8.